The fourth-order valence-corrected chi connectivity index (χ4v) is 6.12. The molecule has 7 N–H and O–H groups in total. The molecule has 0 radical (unpaired) electrons. The molecule has 0 aromatic carbocycles. The SMILES string of the molecule is CCCCCCCCCCCCC(O)C(=O)NC(COC1OC(CO)C(O)C(O)C1O)C(O)C=CCCC=C(C)CCCCCCCCC. The van der Waals surface area contributed by atoms with Crippen molar-refractivity contribution in [1.29, 1.82) is 0 Å². The van der Waals surface area contributed by atoms with Crippen LogP contribution in [-0.4, -0.2) is 98.7 Å². The average molecular weight is 700 g/mol. The number of aliphatic hydroxyl groups is 6. The molecule has 0 aromatic heterocycles. The Morgan fingerprint density at radius 3 is 1.90 bits per heavy atom. The second-order valence-corrected chi connectivity index (χ2v) is 14.1. The van der Waals surface area contributed by atoms with Crippen LogP contribution < -0.4 is 5.32 Å². The number of allylic oxidation sites excluding steroid dienone is 3. The first kappa shape index (κ1) is 45.7. The van der Waals surface area contributed by atoms with E-state index in [9.17, 15) is 35.4 Å². The summed E-state index contributed by atoms with van der Waals surface area (Å²) in [5.74, 6) is -0.630. The Labute approximate surface area is 297 Å². The van der Waals surface area contributed by atoms with E-state index in [1.807, 2.05) is 6.08 Å². The summed E-state index contributed by atoms with van der Waals surface area (Å²) < 4.78 is 11.1. The van der Waals surface area contributed by atoms with Crippen molar-refractivity contribution in [3.8, 4) is 0 Å². The number of hydrogen-bond donors (Lipinski definition) is 7. The number of aliphatic hydroxyl groups excluding tert-OH is 6. The highest BCUT2D eigenvalue weighted by atomic mass is 16.7. The van der Waals surface area contributed by atoms with Gasteiger partial charge in [0.2, 0.25) is 5.91 Å². The van der Waals surface area contributed by atoms with Gasteiger partial charge in [0.15, 0.2) is 6.29 Å². The smallest absolute Gasteiger partial charge is 0.249 e. The topological polar surface area (TPSA) is 169 Å². The van der Waals surface area contributed by atoms with E-state index >= 15 is 0 Å². The Balaban J connectivity index is 2.63. The minimum absolute atomic E-state index is 0.305. The summed E-state index contributed by atoms with van der Waals surface area (Å²) >= 11 is 0. The number of hydrogen-bond acceptors (Lipinski definition) is 9. The van der Waals surface area contributed by atoms with Crippen molar-refractivity contribution in [1.82, 2.24) is 5.32 Å². The highest BCUT2D eigenvalue weighted by Gasteiger charge is 2.44. The molecule has 0 bridgehead atoms. The van der Waals surface area contributed by atoms with Crippen molar-refractivity contribution in [3.63, 3.8) is 0 Å². The molecule has 0 aliphatic carbocycles. The van der Waals surface area contributed by atoms with Crippen molar-refractivity contribution < 1.29 is 44.9 Å². The fourth-order valence-electron chi connectivity index (χ4n) is 6.12. The molecule has 1 aliphatic rings. The molecule has 0 spiro atoms. The van der Waals surface area contributed by atoms with Crippen molar-refractivity contribution >= 4 is 5.91 Å². The summed E-state index contributed by atoms with van der Waals surface area (Å²) in [5, 5.41) is 64.3. The number of unbranched alkanes of at least 4 members (excludes halogenated alkanes) is 16. The molecule has 0 saturated carbocycles. The minimum atomic E-state index is -1.61. The highest BCUT2D eigenvalue weighted by molar-refractivity contribution is 5.80. The van der Waals surface area contributed by atoms with Gasteiger partial charge in [0.1, 0.15) is 30.5 Å². The highest BCUT2D eigenvalue weighted by Crippen LogP contribution is 2.22. The molecule has 1 amide bonds. The van der Waals surface area contributed by atoms with Crippen LogP contribution in [-0.2, 0) is 14.3 Å². The third kappa shape index (κ3) is 20.9. The van der Waals surface area contributed by atoms with Gasteiger partial charge in [0.25, 0.3) is 0 Å². The van der Waals surface area contributed by atoms with E-state index in [4.69, 9.17) is 9.47 Å². The van der Waals surface area contributed by atoms with Crippen LogP contribution in [0, 0.1) is 0 Å². The molecule has 1 aliphatic heterocycles. The molecule has 10 heteroatoms. The van der Waals surface area contributed by atoms with Gasteiger partial charge in [-0.25, -0.2) is 0 Å². The first-order chi connectivity index (χ1) is 23.7. The summed E-state index contributed by atoms with van der Waals surface area (Å²) in [7, 11) is 0. The fraction of sp³-hybridized carbons (Fsp3) is 0.872. The number of rotatable bonds is 30. The van der Waals surface area contributed by atoms with Crippen LogP contribution >= 0.6 is 0 Å². The Bertz CT molecular complexity index is 867. The van der Waals surface area contributed by atoms with E-state index in [0.29, 0.717) is 19.3 Å². The monoisotopic (exact) mass is 700 g/mol. The van der Waals surface area contributed by atoms with Crippen LogP contribution in [0.1, 0.15) is 156 Å². The molecule has 1 fully saturated rings. The van der Waals surface area contributed by atoms with Crippen LogP contribution in [0.4, 0.5) is 0 Å². The average Bonchev–Trinajstić information content (AvgIpc) is 3.09. The zero-order valence-electron chi connectivity index (χ0n) is 31.0. The van der Waals surface area contributed by atoms with Gasteiger partial charge in [0.05, 0.1) is 25.4 Å². The van der Waals surface area contributed by atoms with Crippen LogP contribution in [0.3, 0.4) is 0 Å². The predicted octanol–water partition coefficient (Wildman–Crippen LogP) is 5.74. The summed E-state index contributed by atoms with van der Waals surface area (Å²) in [6.45, 7) is 5.68. The number of amides is 1. The summed E-state index contributed by atoms with van der Waals surface area (Å²) in [4.78, 5) is 12.9. The maximum absolute atomic E-state index is 12.9. The van der Waals surface area contributed by atoms with E-state index in [1.165, 1.54) is 89.0 Å². The lowest BCUT2D eigenvalue weighted by Gasteiger charge is -2.40. The van der Waals surface area contributed by atoms with Crippen molar-refractivity contribution in [2.75, 3.05) is 13.2 Å². The Morgan fingerprint density at radius 1 is 0.776 bits per heavy atom. The van der Waals surface area contributed by atoms with Crippen molar-refractivity contribution in [2.24, 2.45) is 0 Å². The van der Waals surface area contributed by atoms with Gasteiger partial charge < -0.3 is 45.4 Å². The molecule has 0 aromatic rings. The number of nitrogens with one attached hydrogen (secondary N) is 1. The van der Waals surface area contributed by atoms with Crippen LogP contribution in [0.25, 0.3) is 0 Å². The maximum Gasteiger partial charge on any atom is 0.249 e. The van der Waals surface area contributed by atoms with E-state index < -0.39 is 61.5 Å². The molecule has 1 heterocycles. The van der Waals surface area contributed by atoms with E-state index in [-0.39, 0.29) is 6.61 Å². The Hall–Kier alpha value is -1.37. The number of carbonyl (C=O) groups is 1. The first-order valence-corrected chi connectivity index (χ1v) is 19.6. The number of ether oxygens (including phenoxy) is 2. The van der Waals surface area contributed by atoms with Gasteiger partial charge in [-0.05, 0) is 39.0 Å². The second kappa shape index (κ2) is 29.2. The van der Waals surface area contributed by atoms with E-state index in [0.717, 1.165) is 32.1 Å². The normalized spacial score (nSPS) is 23.5. The largest absolute Gasteiger partial charge is 0.394 e. The van der Waals surface area contributed by atoms with Gasteiger partial charge in [0, 0.05) is 0 Å². The Morgan fingerprint density at radius 2 is 1.33 bits per heavy atom. The molecule has 1 saturated heterocycles. The van der Waals surface area contributed by atoms with Crippen molar-refractivity contribution in [2.45, 2.75) is 205 Å². The Kier molecular flexibility index (Phi) is 27.2. The van der Waals surface area contributed by atoms with Crippen LogP contribution in [0.5, 0.6) is 0 Å². The standard InChI is InChI=1S/C39H73NO9/c1-4-6-8-10-12-13-14-16-18-22-27-33(43)38(47)40-31(29-48-39-37(46)36(45)35(44)34(28-41)49-39)32(42)26-23-19-21-25-30(3)24-20-17-15-11-9-7-5-2/h23,25-26,31-37,39,41-46H,4-22,24,27-29H2,1-3H3,(H,40,47). The molecular weight excluding hydrogens is 626 g/mol. The third-order valence-electron chi connectivity index (χ3n) is 9.50. The van der Waals surface area contributed by atoms with Crippen LogP contribution in [0.15, 0.2) is 23.8 Å². The van der Waals surface area contributed by atoms with Gasteiger partial charge in [-0.1, -0.05) is 140 Å². The summed E-state index contributed by atoms with van der Waals surface area (Å²) in [6, 6.07) is -0.993. The molecule has 49 heavy (non-hydrogen) atoms. The molecule has 10 nitrogen and oxygen atoms in total. The summed E-state index contributed by atoms with van der Waals surface area (Å²) in [6.07, 6.45) is 19.3. The second-order valence-electron chi connectivity index (χ2n) is 14.1. The number of carbonyl (C=O) groups excluding carboxylic acids is 1. The lowest BCUT2D eigenvalue weighted by atomic mass is 9.99. The lowest BCUT2D eigenvalue weighted by molar-refractivity contribution is -0.302. The molecule has 8 unspecified atom stereocenters. The van der Waals surface area contributed by atoms with Gasteiger partial charge in [-0.15, -0.1) is 0 Å². The van der Waals surface area contributed by atoms with E-state index in [2.05, 4.69) is 32.2 Å². The van der Waals surface area contributed by atoms with Gasteiger partial charge >= 0.3 is 0 Å². The minimum Gasteiger partial charge on any atom is -0.394 e. The zero-order chi connectivity index (χ0) is 36.3. The van der Waals surface area contributed by atoms with E-state index in [1.54, 1.807) is 6.08 Å². The summed E-state index contributed by atoms with van der Waals surface area (Å²) in [5.41, 5.74) is 1.36. The van der Waals surface area contributed by atoms with Gasteiger partial charge in [-0.3, -0.25) is 4.79 Å². The third-order valence-corrected chi connectivity index (χ3v) is 9.50. The molecule has 1 rings (SSSR count). The quantitative estimate of drug-likeness (QED) is 0.0365. The maximum atomic E-state index is 12.9. The zero-order valence-corrected chi connectivity index (χ0v) is 31.0. The molecule has 8 atom stereocenters. The van der Waals surface area contributed by atoms with Gasteiger partial charge in [-0.2, -0.15) is 0 Å². The molecule has 288 valence electrons. The lowest BCUT2D eigenvalue weighted by Crippen LogP contribution is -2.60. The predicted molar refractivity (Wildman–Crippen MR) is 195 cm³/mol. The molecular formula is C39H73NO9. The van der Waals surface area contributed by atoms with Crippen molar-refractivity contribution in [3.05, 3.63) is 23.8 Å². The van der Waals surface area contributed by atoms with Crippen LogP contribution in [0.2, 0.25) is 0 Å². The first-order valence-electron chi connectivity index (χ1n) is 19.6.